The van der Waals surface area contributed by atoms with Crippen LogP contribution in [0.15, 0.2) is 35.8 Å². The summed E-state index contributed by atoms with van der Waals surface area (Å²) in [6, 6.07) is 7.68. The standard InChI is InChI=1S/C14H14N2O5/c1-3-21-14(19)9-6-4-5-7-11(9)16-12(17)10(8-15)13(18)20-2/h4-7,18H,3H2,1-2H3,(H,16,17)/b13-10+. The Hall–Kier alpha value is -3.01. The van der Waals surface area contributed by atoms with Crippen LogP contribution in [-0.2, 0) is 14.3 Å². The largest absolute Gasteiger partial charge is 0.480 e. The Morgan fingerprint density at radius 1 is 1.38 bits per heavy atom. The minimum atomic E-state index is -0.895. The van der Waals surface area contributed by atoms with Crippen molar-refractivity contribution in [1.82, 2.24) is 0 Å². The van der Waals surface area contributed by atoms with Gasteiger partial charge in [-0.15, -0.1) is 0 Å². The lowest BCUT2D eigenvalue weighted by atomic mass is 10.1. The average molecular weight is 290 g/mol. The molecule has 0 bridgehead atoms. The summed E-state index contributed by atoms with van der Waals surface area (Å²) in [7, 11) is 1.12. The minimum absolute atomic E-state index is 0.141. The summed E-state index contributed by atoms with van der Waals surface area (Å²) in [6.45, 7) is 1.85. The zero-order chi connectivity index (χ0) is 15.8. The first-order valence-corrected chi connectivity index (χ1v) is 6.00. The molecule has 0 aliphatic rings. The smallest absolute Gasteiger partial charge is 0.340 e. The van der Waals surface area contributed by atoms with Gasteiger partial charge in [-0.3, -0.25) is 4.79 Å². The number of carbonyl (C=O) groups is 2. The van der Waals surface area contributed by atoms with Crippen LogP contribution in [0.3, 0.4) is 0 Å². The second-order valence-electron chi connectivity index (χ2n) is 3.72. The predicted octanol–water partition coefficient (Wildman–Crippen LogP) is 1.74. The topological polar surface area (TPSA) is 109 Å². The average Bonchev–Trinajstić information content (AvgIpc) is 2.48. The van der Waals surface area contributed by atoms with Crippen LogP contribution in [0.2, 0.25) is 0 Å². The van der Waals surface area contributed by atoms with Gasteiger partial charge in [-0.2, -0.15) is 5.26 Å². The molecular formula is C14H14N2O5. The summed E-state index contributed by atoms with van der Waals surface area (Å²) in [6.07, 6.45) is 0. The Balaban J connectivity index is 3.07. The van der Waals surface area contributed by atoms with Gasteiger partial charge in [-0.25, -0.2) is 4.79 Å². The number of ether oxygens (including phenoxy) is 2. The maximum atomic E-state index is 11.9. The SMILES string of the molecule is CCOC(=O)c1ccccc1NC(=O)/C(C#N)=C(\O)OC. The second kappa shape index (κ2) is 7.55. The normalized spacial score (nSPS) is 10.9. The number of rotatable bonds is 5. The maximum Gasteiger partial charge on any atom is 0.340 e. The van der Waals surface area contributed by atoms with Crippen LogP contribution in [0.25, 0.3) is 0 Å². The molecule has 7 heteroatoms. The predicted molar refractivity (Wildman–Crippen MR) is 73.3 cm³/mol. The van der Waals surface area contributed by atoms with E-state index in [-0.39, 0.29) is 17.9 Å². The van der Waals surface area contributed by atoms with E-state index < -0.39 is 23.4 Å². The third kappa shape index (κ3) is 3.98. The molecule has 1 aromatic rings. The van der Waals surface area contributed by atoms with Crippen LogP contribution in [0, 0.1) is 11.3 Å². The van der Waals surface area contributed by atoms with Crippen molar-refractivity contribution in [2.75, 3.05) is 19.0 Å². The van der Waals surface area contributed by atoms with E-state index in [1.807, 2.05) is 0 Å². The van der Waals surface area contributed by atoms with Crippen LogP contribution in [0.5, 0.6) is 0 Å². The number of nitrogens with one attached hydrogen (secondary N) is 1. The lowest BCUT2D eigenvalue weighted by Gasteiger charge is -2.10. The molecule has 1 aromatic carbocycles. The summed E-state index contributed by atoms with van der Waals surface area (Å²) in [5, 5.41) is 20.5. The van der Waals surface area contributed by atoms with Crippen molar-refractivity contribution in [3.63, 3.8) is 0 Å². The van der Waals surface area contributed by atoms with Gasteiger partial charge in [-0.05, 0) is 19.1 Å². The molecule has 0 heterocycles. The van der Waals surface area contributed by atoms with Gasteiger partial charge in [0.15, 0.2) is 5.57 Å². The van der Waals surface area contributed by atoms with Crippen LogP contribution in [0.1, 0.15) is 17.3 Å². The fourth-order valence-electron chi connectivity index (χ4n) is 1.46. The molecule has 0 saturated heterocycles. The van der Waals surface area contributed by atoms with Crippen molar-refractivity contribution in [2.24, 2.45) is 0 Å². The number of benzene rings is 1. The number of para-hydroxylation sites is 1. The lowest BCUT2D eigenvalue weighted by molar-refractivity contribution is -0.113. The van der Waals surface area contributed by atoms with Crippen LogP contribution in [0.4, 0.5) is 5.69 Å². The summed E-state index contributed by atoms with van der Waals surface area (Å²) in [5.74, 6) is -2.30. The number of esters is 1. The van der Waals surface area contributed by atoms with E-state index in [9.17, 15) is 14.7 Å². The van der Waals surface area contributed by atoms with Crippen LogP contribution < -0.4 is 5.32 Å². The lowest BCUT2D eigenvalue weighted by Crippen LogP contribution is -2.18. The summed E-state index contributed by atoms with van der Waals surface area (Å²) < 4.78 is 9.30. The van der Waals surface area contributed by atoms with E-state index in [2.05, 4.69) is 10.1 Å². The molecule has 7 nitrogen and oxygen atoms in total. The van der Waals surface area contributed by atoms with Gasteiger partial charge in [0, 0.05) is 0 Å². The molecule has 1 rings (SSSR count). The first kappa shape index (κ1) is 16.0. The van der Waals surface area contributed by atoms with Gasteiger partial charge in [0.25, 0.3) is 5.91 Å². The Morgan fingerprint density at radius 3 is 2.62 bits per heavy atom. The number of amides is 1. The molecule has 0 atom stereocenters. The van der Waals surface area contributed by atoms with E-state index in [1.54, 1.807) is 19.1 Å². The second-order valence-corrected chi connectivity index (χ2v) is 3.72. The molecule has 2 N–H and O–H groups in total. The number of anilines is 1. The van der Waals surface area contributed by atoms with Gasteiger partial charge < -0.3 is 19.9 Å². The fraction of sp³-hybridized carbons (Fsp3) is 0.214. The first-order valence-electron chi connectivity index (χ1n) is 6.00. The number of aliphatic hydroxyl groups excluding tert-OH is 1. The summed E-state index contributed by atoms with van der Waals surface area (Å²) in [5.41, 5.74) is -0.296. The molecule has 0 aliphatic heterocycles. The number of hydrogen-bond acceptors (Lipinski definition) is 6. The highest BCUT2D eigenvalue weighted by molar-refractivity contribution is 6.09. The molecule has 0 aromatic heterocycles. The fourth-order valence-corrected chi connectivity index (χ4v) is 1.46. The molecule has 0 saturated carbocycles. The van der Waals surface area contributed by atoms with Gasteiger partial charge in [0.05, 0.1) is 25.0 Å². The van der Waals surface area contributed by atoms with Crippen molar-refractivity contribution in [1.29, 1.82) is 5.26 Å². The number of nitriles is 1. The zero-order valence-corrected chi connectivity index (χ0v) is 11.5. The van der Waals surface area contributed by atoms with E-state index in [4.69, 9.17) is 10.00 Å². The molecular weight excluding hydrogens is 276 g/mol. The Morgan fingerprint density at radius 2 is 2.05 bits per heavy atom. The summed E-state index contributed by atoms with van der Waals surface area (Å²) >= 11 is 0. The Bertz CT molecular complexity index is 616. The van der Waals surface area contributed by atoms with E-state index >= 15 is 0 Å². The van der Waals surface area contributed by atoms with Crippen LogP contribution >= 0.6 is 0 Å². The number of hydrogen-bond donors (Lipinski definition) is 2. The molecule has 0 aliphatic carbocycles. The minimum Gasteiger partial charge on any atom is -0.480 e. The van der Waals surface area contributed by atoms with Crippen molar-refractivity contribution in [2.45, 2.75) is 6.92 Å². The monoisotopic (exact) mass is 290 g/mol. The quantitative estimate of drug-likeness (QED) is 0.370. The third-order valence-corrected chi connectivity index (χ3v) is 2.42. The highest BCUT2D eigenvalue weighted by Crippen LogP contribution is 2.17. The molecule has 21 heavy (non-hydrogen) atoms. The Kier molecular flexibility index (Phi) is 5.77. The molecule has 0 fully saturated rings. The van der Waals surface area contributed by atoms with Crippen LogP contribution in [-0.4, -0.2) is 30.7 Å². The van der Waals surface area contributed by atoms with Crippen molar-refractivity contribution in [3.8, 4) is 6.07 Å². The molecule has 1 amide bonds. The first-order chi connectivity index (χ1) is 10.0. The number of methoxy groups -OCH3 is 1. The highest BCUT2D eigenvalue weighted by Gasteiger charge is 2.19. The van der Waals surface area contributed by atoms with Gasteiger partial charge in [0.2, 0.25) is 0 Å². The molecule has 0 unspecified atom stereocenters. The van der Waals surface area contributed by atoms with E-state index in [0.29, 0.717) is 0 Å². The number of aliphatic hydroxyl groups is 1. The number of nitrogens with zero attached hydrogens (tertiary/aromatic N) is 1. The third-order valence-electron chi connectivity index (χ3n) is 2.42. The summed E-state index contributed by atoms with van der Waals surface area (Å²) in [4.78, 5) is 23.6. The van der Waals surface area contributed by atoms with Crippen molar-refractivity contribution in [3.05, 3.63) is 41.3 Å². The van der Waals surface area contributed by atoms with Crippen molar-refractivity contribution < 1.29 is 24.2 Å². The van der Waals surface area contributed by atoms with Gasteiger partial charge in [0.1, 0.15) is 6.07 Å². The van der Waals surface area contributed by atoms with E-state index in [0.717, 1.165) is 7.11 Å². The maximum absolute atomic E-state index is 11.9. The zero-order valence-electron chi connectivity index (χ0n) is 11.5. The molecule has 110 valence electrons. The van der Waals surface area contributed by atoms with Crippen molar-refractivity contribution >= 4 is 17.6 Å². The van der Waals surface area contributed by atoms with E-state index in [1.165, 1.54) is 18.2 Å². The molecule has 0 spiro atoms. The highest BCUT2D eigenvalue weighted by atomic mass is 16.6. The van der Waals surface area contributed by atoms with Gasteiger partial charge >= 0.3 is 11.9 Å². The number of carbonyl (C=O) groups excluding carboxylic acids is 2. The molecule has 0 radical (unpaired) electrons. The van der Waals surface area contributed by atoms with Gasteiger partial charge in [-0.1, -0.05) is 12.1 Å². The Labute approximate surface area is 121 Å².